The Morgan fingerprint density at radius 3 is 2.68 bits per heavy atom. The highest BCUT2D eigenvalue weighted by molar-refractivity contribution is 7.99. The Morgan fingerprint density at radius 2 is 2.00 bits per heavy atom. The molecule has 0 aromatic heterocycles. The maximum Gasteiger partial charge on any atom is 0.339 e. The van der Waals surface area contributed by atoms with Gasteiger partial charge in [-0.2, -0.15) is 0 Å². The molecule has 0 atom stereocenters. The summed E-state index contributed by atoms with van der Waals surface area (Å²) in [6.07, 6.45) is 0. The molecule has 1 aromatic rings. The average Bonchev–Trinajstić information content (AvgIpc) is 2.43. The number of esters is 1. The van der Waals surface area contributed by atoms with Crippen molar-refractivity contribution in [3.8, 4) is 0 Å². The highest BCUT2D eigenvalue weighted by Gasteiger charge is 2.12. The van der Waals surface area contributed by atoms with Gasteiger partial charge in [-0.25, -0.2) is 4.79 Å². The van der Waals surface area contributed by atoms with Crippen molar-refractivity contribution in [1.82, 2.24) is 0 Å². The molecule has 0 bridgehead atoms. The molecule has 0 heterocycles. The van der Waals surface area contributed by atoms with E-state index in [0.29, 0.717) is 23.6 Å². The molecule has 0 fully saturated rings. The van der Waals surface area contributed by atoms with Gasteiger partial charge in [-0.05, 0) is 12.1 Å². The molecule has 0 aliphatic heterocycles. The van der Waals surface area contributed by atoms with Crippen LogP contribution < -0.4 is 5.32 Å². The molecule has 5 nitrogen and oxygen atoms in total. The SMILES string of the molecule is COCCSCC(=O)Nc1ccccc1C(=O)OC. The minimum atomic E-state index is -0.470. The fourth-order valence-electron chi connectivity index (χ4n) is 1.37. The number of carbonyl (C=O) groups is 2. The van der Waals surface area contributed by atoms with Gasteiger partial charge in [0.1, 0.15) is 0 Å². The minimum absolute atomic E-state index is 0.155. The van der Waals surface area contributed by atoms with Crippen molar-refractivity contribution < 1.29 is 19.1 Å². The van der Waals surface area contributed by atoms with Crippen LogP contribution in [0.2, 0.25) is 0 Å². The van der Waals surface area contributed by atoms with Gasteiger partial charge in [0.05, 0.1) is 30.7 Å². The monoisotopic (exact) mass is 283 g/mol. The Labute approximate surface area is 116 Å². The first kappa shape index (κ1) is 15.5. The number of para-hydroxylation sites is 1. The van der Waals surface area contributed by atoms with Gasteiger partial charge in [-0.1, -0.05) is 12.1 Å². The van der Waals surface area contributed by atoms with Gasteiger partial charge in [-0.15, -0.1) is 11.8 Å². The molecule has 0 aliphatic carbocycles. The molecule has 1 rings (SSSR count). The van der Waals surface area contributed by atoms with E-state index in [1.165, 1.54) is 18.9 Å². The van der Waals surface area contributed by atoms with E-state index in [2.05, 4.69) is 10.1 Å². The number of carbonyl (C=O) groups excluding carboxylic acids is 2. The van der Waals surface area contributed by atoms with Crippen molar-refractivity contribution in [2.24, 2.45) is 0 Å². The molecule has 0 saturated heterocycles. The van der Waals surface area contributed by atoms with Crippen LogP contribution in [0.3, 0.4) is 0 Å². The lowest BCUT2D eigenvalue weighted by atomic mass is 10.2. The number of amides is 1. The largest absolute Gasteiger partial charge is 0.465 e. The van der Waals surface area contributed by atoms with Crippen LogP contribution in [0.25, 0.3) is 0 Å². The smallest absolute Gasteiger partial charge is 0.339 e. The summed E-state index contributed by atoms with van der Waals surface area (Å²) in [5.74, 6) is 0.446. The molecule has 0 spiro atoms. The third-order valence-corrected chi connectivity index (χ3v) is 3.19. The van der Waals surface area contributed by atoms with Crippen LogP contribution >= 0.6 is 11.8 Å². The number of anilines is 1. The van der Waals surface area contributed by atoms with Crippen molar-refractivity contribution in [2.75, 3.05) is 37.6 Å². The average molecular weight is 283 g/mol. The predicted molar refractivity (Wildman–Crippen MR) is 75.6 cm³/mol. The summed E-state index contributed by atoms with van der Waals surface area (Å²) in [5.41, 5.74) is 0.812. The number of hydrogen-bond acceptors (Lipinski definition) is 5. The molecule has 6 heteroatoms. The lowest BCUT2D eigenvalue weighted by Crippen LogP contribution is -2.17. The second kappa shape index (κ2) is 8.55. The van der Waals surface area contributed by atoms with Crippen LogP contribution in [0.15, 0.2) is 24.3 Å². The second-order valence-electron chi connectivity index (χ2n) is 3.63. The van der Waals surface area contributed by atoms with Crippen LogP contribution in [0.5, 0.6) is 0 Å². The number of thioether (sulfide) groups is 1. The van der Waals surface area contributed by atoms with Crippen LogP contribution in [0.1, 0.15) is 10.4 Å². The number of rotatable bonds is 7. The molecule has 1 amide bonds. The first-order chi connectivity index (χ1) is 9.19. The van der Waals surface area contributed by atoms with Crippen molar-refractivity contribution in [2.45, 2.75) is 0 Å². The summed E-state index contributed by atoms with van der Waals surface area (Å²) in [4.78, 5) is 23.2. The Morgan fingerprint density at radius 1 is 1.26 bits per heavy atom. The summed E-state index contributed by atoms with van der Waals surface area (Å²) in [7, 11) is 2.93. The molecule has 0 radical (unpaired) electrons. The zero-order valence-electron chi connectivity index (χ0n) is 11.0. The highest BCUT2D eigenvalue weighted by atomic mass is 32.2. The topological polar surface area (TPSA) is 64.6 Å². The van der Waals surface area contributed by atoms with E-state index in [1.54, 1.807) is 31.4 Å². The number of benzene rings is 1. The summed E-state index contributed by atoms with van der Waals surface area (Å²) >= 11 is 1.47. The molecule has 104 valence electrons. The summed E-state index contributed by atoms with van der Waals surface area (Å²) in [5, 5.41) is 2.70. The standard InChI is InChI=1S/C13H17NO4S/c1-17-7-8-19-9-12(15)14-11-6-4-3-5-10(11)13(16)18-2/h3-6H,7-9H2,1-2H3,(H,14,15). The van der Waals surface area contributed by atoms with Gasteiger partial charge in [0.15, 0.2) is 0 Å². The molecule has 0 saturated carbocycles. The van der Waals surface area contributed by atoms with E-state index in [1.807, 2.05) is 0 Å². The van der Waals surface area contributed by atoms with E-state index in [0.717, 1.165) is 5.75 Å². The van der Waals surface area contributed by atoms with Gasteiger partial charge >= 0.3 is 5.97 Å². The van der Waals surface area contributed by atoms with Crippen LogP contribution in [0.4, 0.5) is 5.69 Å². The molecule has 1 N–H and O–H groups in total. The third-order valence-electron chi connectivity index (χ3n) is 2.27. The zero-order valence-corrected chi connectivity index (χ0v) is 11.8. The summed E-state index contributed by atoms with van der Waals surface area (Å²) < 4.78 is 9.55. The summed E-state index contributed by atoms with van der Waals surface area (Å²) in [6, 6.07) is 6.75. The van der Waals surface area contributed by atoms with Gasteiger partial charge < -0.3 is 14.8 Å². The molecular formula is C13H17NO4S. The Bertz CT molecular complexity index is 436. The van der Waals surface area contributed by atoms with Crippen LogP contribution in [0, 0.1) is 0 Å². The summed E-state index contributed by atoms with van der Waals surface area (Å²) in [6.45, 7) is 0.608. The fourth-order valence-corrected chi connectivity index (χ4v) is 2.06. The molecular weight excluding hydrogens is 266 g/mol. The van der Waals surface area contributed by atoms with Gasteiger partial charge in [-0.3, -0.25) is 4.79 Å². The molecule has 1 aromatic carbocycles. The van der Waals surface area contributed by atoms with Gasteiger partial charge in [0.2, 0.25) is 5.91 Å². The van der Waals surface area contributed by atoms with Crippen LogP contribution in [-0.4, -0.2) is 44.2 Å². The fraction of sp³-hybridized carbons (Fsp3) is 0.385. The first-order valence-corrected chi connectivity index (χ1v) is 6.88. The predicted octanol–water partition coefficient (Wildman–Crippen LogP) is 1.79. The number of hydrogen-bond donors (Lipinski definition) is 1. The van der Waals surface area contributed by atoms with Crippen LogP contribution in [-0.2, 0) is 14.3 Å². The Balaban J connectivity index is 2.56. The normalized spacial score (nSPS) is 10.0. The maximum atomic E-state index is 11.7. The van der Waals surface area contributed by atoms with Gasteiger partial charge in [0.25, 0.3) is 0 Å². The lowest BCUT2D eigenvalue weighted by molar-refractivity contribution is -0.113. The van der Waals surface area contributed by atoms with Crippen molar-refractivity contribution in [1.29, 1.82) is 0 Å². The lowest BCUT2D eigenvalue weighted by Gasteiger charge is -2.09. The zero-order chi connectivity index (χ0) is 14.1. The van der Waals surface area contributed by atoms with Crippen molar-refractivity contribution >= 4 is 29.3 Å². The molecule has 0 aliphatic rings. The quantitative estimate of drug-likeness (QED) is 0.610. The first-order valence-electron chi connectivity index (χ1n) is 5.73. The Hall–Kier alpha value is -1.53. The van der Waals surface area contributed by atoms with E-state index < -0.39 is 5.97 Å². The van der Waals surface area contributed by atoms with E-state index in [9.17, 15) is 9.59 Å². The number of nitrogens with one attached hydrogen (secondary N) is 1. The Kier molecular flexibility index (Phi) is 6.99. The molecule has 0 unspecified atom stereocenters. The van der Waals surface area contributed by atoms with E-state index in [4.69, 9.17) is 4.74 Å². The highest BCUT2D eigenvalue weighted by Crippen LogP contribution is 2.16. The van der Waals surface area contributed by atoms with Crippen molar-refractivity contribution in [3.05, 3.63) is 29.8 Å². The number of methoxy groups -OCH3 is 2. The minimum Gasteiger partial charge on any atom is -0.465 e. The molecule has 19 heavy (non-hydrogen) atoms. The van der Waals surface area contributed by atoms with E-state index in [-0.39, 0.29) is 5.91 Å². The van der Waals surface area contributed by atoms with Crippen molar-refractivity contribution in [3.63, 3.8) is 0 Å². The van der Waals surface area contributed by atoms with Gasteiger partial charge in [0, 0.05) is 12.9 Å². The van der Waals surface area contributed by atoms with E-state index >= 15 is 0 Å². The maximum absolute atomic E-state index is 11.7. The second-order valence-corrected chi connectivity index (χ2v) is 4.74. The third kappa shape index (κ3) is 5.32. The number of ether oxygens (including phenoxy) is 2.